The third-order valence-corrected chi connectivity index (χ3v) is 6.06. The molecule has 2 aromatic rings. The number of nitrogens with zero attached hydrogens (tertiary/aromatic N) is 3. The average Bonchev–Trinajstić information content (AvgIpc) is 2.82. The molecule has 2 heterocycles. The van der Waals surface area contributed by atoms with Gasteiger partial charge >= 0.3 is 11.9 Å². The summed E-state index contributed by atoms with van der Waals surface area (Å²) in [4.78, 5) is 37.6. The van der Waals surface area contributed by atoms with Crippen molar-refractivity contribution in [2.75, 3.05) is 49.1 Å². The van der Waals surface area contributed by atoms with E-state index in [1.165, 1.54) is 16.8 Å². The summed E-state index contributed by atoms with van der Waals surface area (Å²) in [6.45, 7) is 8.43. The van der Waals surface area contributed by atoms with Gasteiger partial charge in [-0.3, -0.25) is 9.69 Å². The quantitative estimate of drug-likeness (QED) is 0.671. The van der Waals surface area contributed by atoms with E-state index in [-0.39, 0.29) is 5.91 Å². The van der Waals surface area contributed by atoms with Crippen LogP contribution in [0.4, 0.5) is 11.4 Å². The molecule has 0 atom stereocenters. The highest BCUT2D eigenvalue weighted by atomic mass is 16.4. The average molecular weight is 454 g/mol. The first-order valence-corrected chi connectivity index (χ1v) is 11.2. The fourth-order valence-corrected chi connectivity index (χ4v) is 4.32. The number of para-hydroxylation sites is 2. The zero-order chi connectivity index (χ0) is 23.8. The summed E-state index contributed by atoms with van der Waals surface area (Å²) in [5, 5.41) is 14.8. The molecule has 2 N–H and O–H groups in total. The molecular formula is C25H31N3O5. The Morgan fingerprint density at radius 2 is 1.42 bits per heavy atom. The second-order valence-electron chi connectivity index (χ2n) is 8.25. The number of aliphatic carboxylic acids is 2. The first-order valence-electron chi connectivity index (χ1n) is 11.2. The molecule has 0 unspecified atom stereocenters. The summed E-state index contributed by atoms with van der Waals surface area (Å²) in [5.41, 5.74) is 5.16. The lowest BCUT2D eigenvalue weighted by molar-refractivity contribution is -0.159. The summed E-state index contributed by atoms with van der Waals surface area (Å²) in [6.07, 6.45) is 2.56. The molecule has 2 aliphatic rings. The predicted molar refractivity (Wildman–Crippen MR) is 127 cm³/mol. The number of benzene rings is 2. The van der Waals surface area contributed by atoms with Crippen LogP contribution in [0.1, 0.15) is 24.0 Å². The fourth-order valence-electron chi connectivity index (χ4n) is 4.32. The number of piperazine rings is 1. The van der Waals surface area contributed by atoms with Gasteiger partial charge in [0.1, 0.15) is 0 Å². The van der Waals surface area contributed by atoms with Gasteiger partial charge in [-0.05, 0) is 49.6 Å². The number of carbonyl (C=O) groups excluding carboxylic acids is 1. The van der Waals surface area contributed by atoms with Crippen molar-refractivity contribution < 1.29 is 24.6 Å². The second kappa shape index (κ2) is 11.5. The summed E-state index contributed by atoms with van der Waals surface area (Å²) in [6, 6.07) is 17.0. The Hall–Kier alpha value is -3.39. The van der Waals surface area contributed by atoms with Crippen molar-refractivity contribution in [1.82, 2.24) is 4.90 Å². The van der Waals surface area contributed by atoms with E-state index < -0.39 is 11.9 Å². The maximum atomic E-state index is 12.4. The van der Waals surface area contributed by atoms with E-state index in [0.29, 0.717) is 6.42 Å². The molecule has 0 bridgehead atoms. The minimum Gasteiger partial charge on any atom is -0.473 e. The van der Waals surface area contributed by atoms with E-state index in [0.717, 1.165) is 57.8 Å². The van der Waals surface area contributed by atoms with Gasteiger partial charge < -0.3 is 20.0 Å². The van der Waals surface area contributed by atoms with Crippen molar-refractivity contribution in [1.29, 1.82) is 0 Å². The van der Waals surface area contributed by atoms with E-state index in [1.54, 1.807) is 0 Å². The first kappa shape index (κ1) is 24.3. The van der Waals surface area contributed by atoms with Crippen LogP contribution in [-0.4, -0.2) is 72.2 Å². The highest BCUT2D eigenvalue weighted by Gasteiger charge is 2.24. The molecule has 2 aliphatic heterocycles. The summed E-state index contributed by atoms with van der Waals surface area (Å²) in [7, 11) is 0. The van der Waals surface area contributed by atoms with Gasteiger partial charge in [0.2, 0.25) is 5.91 Å². The number of hydrogen-bond acceptors (Lipinski definition) is 5. The number of hydrogen-bond donors (Lipinski definition) is 2. The Morgan fingerprint density at radius 3 is 2.06 bits per heavy atom. The minimum atomic E-state index is -1.82. The maximum Gasteiger partial charge on any atom is 0.414 e. The predicted octanol–water partition coefficient (Wildman–Crippen LogP) is 2.64. The van der Waals surface area contributed by atoms with E-state index in [2.05, 4.69) is 59.2 Å². The van der Waals surface area contributed by atoms with E-state index >= 15 is 0 Å². The molecule has 176 valence electrons. The van der Waals surface area contributed by atoms with Crippen molar-refractivity contribution in [3.8, 4) is 0 Å². The normalized spacial score (nSPS) is 16.0. The molecule has 0 aliphatic carbocycles. The zero-order valence-corrected chi connectivity index (χ0v) is 18.9. The SMILES string of the molecule is Cc1ccccc1N1CCN(CCCN2C(=O)CCc3ccccc32)CC1.O=C(O)C(=O)O. The second-order valence-corrected chi connectivity index (χ2v) is 8.25. The lowest BCUT2D eigenvalue weighted by Gasteiger charge is -2.37. The number of fused-ring (bicyclic) bond motifs is 1. The number of amides is 1. The van der Waals surface area contributed by atoms with Crippen LogP contribution in [-0.2, 0) is 20.8 Å². The van der Waals surface area contributed by atoms with Crippen LogP contribution in [0.2, 0.25) is 0 Å². The lowest BCUT2D eigenvalue weighted by atomic mass is 10.0. The number of aryl methyl sites for hydroxylation is 2. The van der Waals surface area contributed by atoms with Crippen molar-refractivity contribution in [3.63, 3.8) is 0 Å². The van der Waals surface area contributed by atoms with E-state index in [4.69, 9.17) is 19.8 Å². The number of anilines is 2. The Kier molecular flexibility index (Phi) is 8.43. The lowest BCUT2D eigenvalue weighted by Crippen LogP contribution is -2.47. The van der Waals surface area contributed by atoms with Crippen molar-refractivity contribution in [3.05, 3.63) is 59.7 Å². The Bertz CT molecular complexity index is 974. The number of carboxylic acids is 2. The van der Waals surface area contributed by atoms with Gasteiger partial charge in [-0.2, -0.15) is 0 Å². The highest BCUT2D eigenvalue weighted by Crippen LogP contribution is 2.27. The standard InChI is InChI=1S/C23H29N3O.C2H2O4/c1-19-7-2-4-9-21(19)25-17-15-24(16-18-25)13-6-14-26-22-10-5-3-8-20(22)11-12-23(26)27;3-1(4)2(5)6/h2-5,7-10H,6,11-18H2,1H3;(H,3,4)(H,5,6). The van der Waals surface area contributed by atoms with Crippen LogP contribution in [0.15, 0.2) is 48.5 Å². The fraction of sp³-hybridized carbons (Fsp3) is 0.400. The highest BCUT2D eigenvalue weighted by molar-refractivity contribution is 6.27. The molecule has 1 amide bonds. The number of carboxylic acid groups (broad SMARTS) is 2. The van der Waals surface area contributed by atoms with Gasteiger partial charge in [0, 0.05) is 50.5 Å². The molecule has 2 aromatic carbocycles. The molecule has 33 heavy (non-hydrogen) atoms. The van der Waals surface area contributed by atoms with Crippen LogP contribution < -0.4 is 9.80 Å². The van der Waals surface area contributed by atoms with E-state index in [1.807, 2.05) is 11.0 Å². The molecular weight excluding hydrogens is 422 g/mol. The number of carbonyl (C=O) groups is 3. The summed E-state index contributed by atoms with van der Waals surface area (Å²) in [5.74, 6) is -3.37. The Labute approximate surface area is 194 Å². The maximum absolute atomic E-state index is 12.4. The third-order valence-electron chi connectivity index (χ3n) is 6.06. The molecule has 0 radical (unpaired) electrons. The van der Waals surface area contributed by atoms with Crippen molar-refractivity contribution in [2.24, 2.45) is 0 Å². The molecule has 0 aromatic heterocycles. The Morgan fingerprint density at radius 1 is 0.818 bits per heavy atom. The van der Waals surface area contributed by atoms with Gasteiger partial charge in [-0.1, -0.05) is 36.4 Å². The topological polar surface area (TPSA) is 101 Å². The summed E-state index contributed by atoms with van der Waals surface area (Å²) < 4.78 is 0. The van der Waals surface area contributed by atoms with Gasteiger partial charge in [0.05, 0.1) is 0 Å². The zero-order valence-electron chi connectivity index (χ0n) is 18.9. The van der Waals surface area contributed by atoms with Crippen LogP contribution in [0.25, 0.3) is 0 Å². The van der Waals surface area contributed by atoms with Gasteiger partial charge in [0.25, 0.3) is 0 Å². The largest absolute Gasteiger partial charge is 0.473 e. The summed E-state index contributed by atoms with van der Waals surface area (Å²) >= 11 is 0. The van der Waals surface area contributed by atoms with Gasteiger partial charge in [0.15, 0.2) is 0 Å². The molecule has 1 fully saturated rings. The van der Waals surface area contributed by atoms with Crippen molar-refractivity contribution in [2.45, 2.75) is 26.2 Å². The molecule has 0 spiro atoms. The van der Waals surface area contributed by atoms with Crippen LogP contribution in [0.5, 0.6) is 0 Å². The van der Waals surface area contributed by atoms with Crippen LogP contribution in [0.3, 0.4) is 0 Å². The molecule has 8 nitrogen and oxygen atoms in total. The van der Waals surface area contributed by atoms with Gasteiger partial charge in [-0.15, -0.1) is 0 Å². The van der Waals surface area contributed by atoms with Crippen LogP contribution in [0, 0.1) is 6.92 Å². The molecule has 4 rings (SSSR count). The minimum absolute atomic E-state index is 0.276. The number of rotatable bonds is 5. The smallest absolute Gasteiger partial charge is 0.414 e. The monoisotopic (exact) mass is 453 g/mol. The molecule has 1 saturated heterocycles. The van der Waals surface area contributed by atoms with Crippen molar-refractivity contribution >= 4 is 29.2 Å². The Balaban J connectivity index is 0.000000454. The van der Waals surface area contributed by atoms with Crippen LogP contribution >= 0.6 is 0 Å². The third kappa shape index (κ3) is 6.55. The molecule has 8 heteroatoms. The molecule has 0 saturated carbocycles. The van der Waals surface area contributed by atoms with E-state index in [9.17, 15) is 4.79 Å². The first-order chi connectivity index (χ1) is 15.9. The van der Waals surface area contributed by atoms with Gasteiger partial charge in [-0.25, -0.2) is 9.59 Å².